The van der Waals surface area contributed by atoms with Crippen LogP contribution in [0.3, 0.4) is 0 Å². The van der Waals surface area contributed by atoms with Crippen LogP contribution in [0.5, 0.6) is 0 Å². The van der Waals surface area contributed by atoms with Crippen LogP contribution < -0.4 is 10.2 Å². The highest BCUT2D eigenvalue weighted by Crippen LogP contribution is 2.13. The first-order valence-electron chi connectivity index (χ1n) is 7.63. The Kier molecular flexibility index (Phi) is 4.48. The zero-order valence-electron chi connectivity index (χ0n) is 13.2. The Bertz CT molecular complexity index is 622. The maximum Gasteiger partial charge on any atom is 0.244 e. The Balaban J connectivity index is 1.64. The molecule has 6 nitrogen and oxygen atoms in total. The quantitative estimate of drug-likeness (QED) is 0.924. The minimum Gasteiger partial charge on any atom is -0.353 e. The van der Waals surface area contributed by atoms with Crippen molar-refractivity contribution in [2.24, 2.45) is 0 Å². The molecule has 0 spiro atoms. The molecule has 2 heterocycles. The molecule has 0 saturated carbocycles. The van der Waals surface area contributed by atoms with E-state index in [2.05, 4.69) is 68.5 Å². The van der Waals surface area contributed by atoms with Crippen molar-refractivity contribution in [3.8, 4) is 0 Å². The first-order chi connectivity index (χ1) is 10.7. The molecule has 22 heavy (non-hydrogen) atoms. The summed E-state index contributed by atoms with van der Waals surface area (Å²) in [5.41, 5.74) is 2.47. The lowest BCUT2D eigenvalue weighted by atomic mass is 10.1. The molecule has 0 radical (unpaired) electrons. The molecule has 1 fully saturated rings. The summed E-state index contributed by atoms with van der Waals surface area (Å²) in [7, 11) is 2.14. The van der Waals surface area contributed by atoms with E-state index in [-0.39, 0.29) is 0 Å². The summed E-state index contributed by atoms with van der Waals surface area (Å²) in [5.74, 6) is 1.48. The van der Waals surface area contributed by atoms with Crippen molar-refractivity contribution in [1.29, 1.82) is 0 Å². The maximum absolute atomic E-state index is 4.58. The predicted molar refractivity (Wildman–Crippen MR) is 88.0 cm³/mol. The second kappa shape index (κ2) is 6.70. The third-order valence-corrected chi connectivity index (χ3v) is 3.91. The summed E-state index contributed by atoms with van der Waals surface area (Å²) in [5, 5.41) is 11.4. The van der Waals surface area contributed by atoms with E-state index in [0.717, 1.165) is 32.0 Å². The van der Waals surface area contributed by atoms with E-state index in [1.807, 2.05) is 0 Å². The van der Waals surface area contributed by atoms with Crippen LogP contribution in [0.2, 0.25) is 0 Å². The van der Waals surface area contributed by atoms with E-state index in [0.29, 0.717) is 12.5 Å². The molecule has 1 N–H and O–H groups in total. The first-order valence-corrected chi connectivity index (χ1v) is 7.63. The van der Waals surface area contributed by atoms with Gasteiger partial charge in [-0.2, -0.15) is 10.1 Å². The van der Waals surface area contributed by atoms with Crippen LogP contribution in [0.15, 0.2) is 30.5 Å². The Morgan fingerprint density at radius 3 is 2.77 bits per heavy atom. The topological polar surface area (TPSA) is 57.2 Å². The molecule has 1 saturated heterocycles. The molecule has 3 rings (SSSR count). The number of anilines is 2. The summed E-state index contributed by atoms with van der Waals surface area (Å²) in [4.78, 5) is 9.16. The van der Waals surface area contributed by atoms with Crippen LogP contribution >= 0.6 is 0 Å². The van der Waals surface area contributed by atoms with E-state index in [4.69, 9.17) is 0 Å². The number of nitrogens with zero attached hydrogens (tertiary/aromatic N) is 5. The van der Waals surface area contributed by atoms with Crippen molar-refractivity contribution in [2.45, 2.75) is 13.5 Å². The lowest BCUT2D eigenvalue weighted by molar-refractivity contribution is 0.312. The van der Waals surface area contributed by atoms with Gasteiger partial charge in [0.25, 0.3) is 0 Å². The number of benzene rings is 1. The van der Waals surface area contributed by atoms with Gasteiger partial charge in [0.1, 0.15) is 0 Å². The maximum atomic E-state index is 4.58. The Labute approximate surface area is 131 Å². The van der Waals surface area contributed by atoms with Crippen LogP contribution in [0.4, 0.5) is 11.8 Å². The molecule has 0 bridgehead atoms. The number of aromatic nitrogens is 3. The number of nitrogens with one attached hydrogen (secondary N) is 1. The molecule has 116 valence electrons. The number of rotatable bonds is 4. The van der Waals surface area contributed by atoms with E-state index in [1.165, 1.54) is 11.1 Å². The molecule has 1 aromatic heterocycles. The fraction of sp³-hybridized carbons (Fsp3) is 0.438. The van der Waals surface area contributed by atoms with Crippen LogP contribution in [-0.4, -0.2) is 53.3 Å². The molecular weight excluding hydrogens is 276 g/mol. The summed E-state index contributed by atoms with van der Waals surface area (Å²) < 4.78 is 0. The Hall–Kier alpha value is -2.21. The van der Waals surface area contributed by atoms with Gasteiger partial charge in [-0.3, -0.25) is 0 Å². The van der Waals surface area contributed by atoms with E-state index in [9.17, 15) is 0 Å². The molecular formula is C16H22N6. The smallest absolute Gasteiger partial charge is 0.244 e. The summed E-state index contributed by atoms with van der Waals surface area (Å²) in [6.45, 7) is 6.86. The molecule has 1 aliphatic heterocycles. The van der Waals surface area contributed by atoms with Gasteiger partial charge in [-0.05, 0) is 19.5 Å². The van der Waals surface area contributed by atoms with Gasteiger partial charge in [-0.25, -0.2) is 0 Å². The predicted octanol–water partition coefficient (Wildman–Crippen LogP) is 1.54. The zero-order chi connectivity index (χ0) is 15.4. The van der Waals surface area contributed by atoms with Gasteiger partial charge in [0.05, 0.1) is 6.20 Å². The third kappa shape index (κ3) is 3.71. The molecule has 1 aromatic carbocycles. The normalized spacial score (nSPS) is 15.8. The highest BCUT2D eigenvalue weighted by molar-refractivity contribution is 5.41. The van der Waals surface area contributed by atoms with Gasteiger partial charge in [-0.1, -0.05) is 29.8 Å². The monoisotopic (exact) mass is 298 g/mol. The Morgan fingerprint density at radius 1 is 1.18 bits per heavy atom. The fourth-order valence-corrected chi connectivity index (χ4v) is 2.56. The fourth-order valence-electron chi connectivity index (χ4n) is 2.56. The summed E-state index contributed by atoms with van der Waals surface area (Å²) in [6.07, 6.45) is 1.74. The average Bonchev–Trinajstić information content (AvgIpc) is 2.54. The number of likely N-dealkylation sites (N-methyl/N-ethyl adjacent to an activating group) is 1. The lowest BCUT2D eigenvalue weighted by Gasteiger charge is -2.32. The number of piperazine rings is 1. The van der Waals surface area contributed by atoms with Crippen LogP contribution in [0, 0.1) is 6.92 Å². The highest BCUT2D eigenvalue weighted by atomic mass is 15.3. The van der Waals surface area contributed by atoms with Crippen molar-refractivity contribution in [2.75, 3.05) is 43.4 Å². The van der Waals surface area contributed by atoms with Crippen LogP contribution in [-0.2, 0) is 6.54 Å². The van der Waals surface area contributed by atoms with E-state index in [1.54, 1.807) is 6.20 Å². The van der Waals surface area contributed by atoms with Gasteiger partial charge in [-0.15, -0.1) is 5.10 Å². The molecule has 0 unspecified atom stereocenters. The average molecular weight is 298 g/mol. The van der Waals surface area contributed by atoms with E-state index < -0.39 is 0 Å². The standard InChI is InChI=1S/C16H22N6/c1-13-4-3-5-14(10-13)11-17-16-19-15(12-18-20-16)22-8-6-21(2)7-9-22/h3-5,10,12H,6-9,11H2,1-2H3,(H,17,19,20). The van der Waals surface area contributed by atoms with Crippen molar-refractivity contribution in [3.63, 3.8) is 0 Å². The molecule has 0 aliphatic carbocycles. The van der Waals surface area contributed by atoms with Crippen LogP contribution in [0.1, 0.15) is 11.1 Å². The minimum absolute atomic E-state index is 0.581. The van der Waals surface area contributed by atoms with Crippen LogP contribution in [0.25, 0.3) is 0 Å². The van der Waals surface area contributed by atoms with Crippen molar-refractivity contribution >= 4 is 11.8 Å². The molecule has 1 aliphatic rings. The summed E-state index contributed by atoms with van der Waals surface area (Å²) >= 11 is 0. The molecule has 6 heteroatoms. The number of hydrogen-bond donors (Lipinski definition) is 1. The van der Waals surface area contributed by atoms with Gasteiger partial charge in [0, 0.05) is 32.7 Å². The second-order valence-electron chi connectivity index (χ2n) is 5.77. The summed E-state index contributed by atoms with van der Waals surface area (Å²) in [6, 6.07) is 8.41. The molecule has 0 amide bonds. The van der Waals surface area contributed by atoms with Crippen molar-refractivity contribution in [3.05, 3.63) is 41.6 Å². The SMILES string of the molecule is Cc1cccc(CNc2nncc(N3CCN(C)CC3)n2)c1. The first kappa shape index (κ1) is 14.7. The van der Waals surface area contributed by atoms with Crippen molar-refractivity contribution < 1.29 is 0 Å². The molecule has 0 atom stereocenters. The highest BCUT2D eigenvalue weighted by Gasteiger charge is 2.16. The Morgan fingerprint density at radius 2 is 2.00 bits per heavy atom. The van der Waals surface area contributed by atoms with Gasteiger partial charge >= 0.3 is 0 Å². The third-order valence-electron chi connectivity index (χ3n) is 3.91. The lowest BCUT2D eigenvalue weighted by Crippen LogP contribution is -2.44. The van der Waals surface area contributed by atoms with Crippen molar-refractivity contribution in [1.82, 2.24) is 20.1 Å². The number of hydrogen-bond acceptors (Lipinski definition) is 6. The minimum atomic E-state index is 0.581. The van der Waals surface area contributed by atoms with Gasteiger partial charge in [0.2, 0.25) is 5.95 Å². The zero-order valence-corrected chi connectivity index (χ0v) is 13.2. The van der Waals surface area contributed by atoms with Gasteiger partial charge < -0.3 is 15.1 Å². The van der Waals surface area contributed by atoms with E-state index >= 15 is 0 Å². The number of aryl methyl sites for hydroxylation is 1. The molecule has 2 aromatic rings. The second-order valence-corrected chi connectivity index (χ2v) is 5.77. The van der Waals surface area contributed by atoms with Gasteiger partial charge in [0.15, 0.2) is 5.82 Å². The largest absolute Gasteiger partial charge is 0.353 e.